The van der Waals surface area contributed by atoms with E-state index in [2.05, 4.69) is 0 Å². The van der Waals surface area contributed by atoms with Crippen LogP contribution in [0.2, 0.25) is 0 Å². The number of rotatable bonds is 10. The third-order valence-electron chi connectivity index (χ3n) is 5.70. The van der Waals surface area contributed by atoms with Crippen LogP contribution in [-0.4, -0.2) is 162 Å². The molecular weight excluding hydrogens is 456 g/mol. The maximum atomic E-state index is 10.6. The zero-order valence-corrected chi connectivity index (χ0v) is 17.8. The Balaban J connectivity index is 2.30. The highest BCUT2D eigenvalue weighted by Crippen LogP contribution is 2.31. The second-order valence-corrected chi connectivity index (χ2v) is 8.08. The van der Waals surface area contributed by atoms with Gasteiger partial charge in [0.1, 0.15) is 67.1 Å². The molecule has 2 fully saturated rings. The van der Waals surface area contributed by atoms with Crippen LogP contribution in [0.5, 0.6) is 0 Å². The molecule has 196 valence electrons. The van der Waals surface area contributed by atoms with Crippen LogP contribution in [-0.2, 0) is 18.9 Å². The number of aliphatic hydroxyl groups excluding tert-OH is 11. The van der Waals surface area contributed by atoms with E-state index >= 15 is 0 Å². The molecule has 2 aliphatic heterocycles. The standard InChI is InChI=1S/C18H34O15/c1-5-9(24)12(27)14(29)17(30-5)33-16-13(28)11(26)8(4-21)31-18(16)32-15(7(23)3-20)10(25)6(22)2-19/h5-29H,2-4H2,1H3/t5-,6-,7+,8+,9+,10+,11-,12+,13-,14-,15+,16+,17-,18-/m0/s1. The number of aliphatic hydroxyl groups is 11. The maximum Gasteiger partial charge on any atom is 0.187 e. The summed E-state index contributed by atoms with van der Waals surface area (Å²) < 4.78 is 21.6. The van der Waals surface area contributed by atoms with E-state index in [0.29, 0.717) is 0 Å². The molecule has 33 heavy (non-hydrogen) atoms. The van der Waals surface area contributed by atoms with E-state index in [9.17, 15) is 51.1 Å². The lowest BCUT2D eigenvalue weighted by molar-refractivity contribution is -0.375. The fraction of sp³-hybridized carbons (Fsp3) is 1.00. The first kappa shape index (κ1) is 28.6. The van der Waals surface area contributed by atoms with Crippen LogP contribution < -0.4 is 0 Å². The van der Waals surface area contributed by atoms with Crippen LogP contribution in [0.3, 0.4) is 0 Å². The molecule has 15 heteroatoms. The van der Waals surface area contributed by atoms with Crippen LogP contribution in [0.4, 0.5) is 0 Å². The van der Waals surface area contributed by atoms with Crippen LogP contribution in [0, 0.1) is 0 Å². The van der Waals surface area contributed by atoms with Crippen molar-refractivity contribution in [2.45, 2.75) is 92.8 Å². The van der Waals surface area contributed by atoms with Gasteiger partial charge >= 0.3 is 0 Å². The van der Waals surface area contributed by atoms with Crippen molar-refractivity contribution in [3.05, 3.63) is 0 Å². The summed E-state index contributed by atoms with van der Waals surface area (Å²) in [7, 11) is 0. The highest BCUT2D eigenvalue weighted by molar-refractivity contribution is 4.94. The highest BCUT2D eigenvalue weighted by Gasteiger charge is 2.51. The molecule has 2 rings (SSSR count). The fourth-order valence-corrected chi connectivity index (χ4v) is 3.58. The van der Waals surface area contributed by atoms with Gasteiger partial charge in [0.2, 0.25) is 0 Å². The quantitative estimate of drug-likeness (QED) is 0.136. The van der Waals surface area contributed by atoms with Gasteiger partial charge in [0.25, 0.3) is 0 Å². The molecule has 0 aliphatic carbocycles. The molecule has 14 atom stereocenters. The first-order valence-corrected chi connectivity index (χ1v) is 10.4. The minimum absolute atomic E-state index is 0.801. The van der Waals surface area contributed by atoms with E-state index in [4.69, 9.17) is 24.1 Å². The Hall–Kier alpha value is -0.600. The van der Waals surface area contributed by atoms with Gasteiger partial charge in [-0.2, -0.15) is 0 Å². The molecule has 2 saturated heterocycles. The molecule has 2 aliphatic rings. The van der Waals surface area contributed by atoms with E-state index in [-0.39, 0.29) is 0 Å². The summed E-state index contributed by atoms with van der Waals surface area (Å²) in [5.41, 5.74) is 0. The van der Waals surface area contributed by atoms with Crippen molar-refractivity contribution in [1.29, 1.82) is 0 Å². The third-order valence-corrected chi connectivity index (χ3v) is 5.70. The average molecular weight is 490 g/mol. The Morgan fingerprint density at radius 1 is 0.727 bits per heavy atom. The Bertz CT molecular complexity index is 583. The molecule has 11 N–H and O–H groups in total. The van der Waals surface area contributed by atoms with Gasteiger partial charge in [-0.3, -0.25) is 0 Å². The lowest BCUT2D eigenvalue weighted by Gasteiger charge is -2.46. The molecule has 0 aromatic rings. The van der Waals surface area contributed by atoms with Gasteiger partial charge in [-0.25, -0.2) is 0 Å². The number of hydrogen-bond donors (Lipinski definition) is 11. The van der Waals surface area contributed by atoms with Gasteiger partial charge < -0.3 is 75.1 Å². The summed E-state index contributed by atoms with van der Waals surface area (Å²) in [6, 6.07) is 0. The predicted octanol–water partition coefficient (Wildman–Crippen LogP) is -6.91. The Labute approximate surface area is 188 Å². The molecule has 2 heterocycles. The van der Waals surface area contributed by atoms with Crippen LogP contribution >= 0.6 is 0 Å². The van der Waals surface area contributed by atoms with Crippen molar-refractivity contribution in [2.24, 2.45) is 0 Å². The lowest BCUT2D eigenvalue weighted by Crippen LogP contribution is -2.65. The third kappa shape index (κ3) is 6.35. The SMILES string of the molecule is C[C@@H]1O[C@@H](O[C@H]2[C@H](O[C@@H]([C@H](O)[C@@H](O)CO)[C@H](O)CO)O[C@H](CO)[C@H](O)[C@@H]2O)[C@@H](O)[C@H](O)[C@@H]1O. The molecule has 0 radical (unpaired) electrons. The van der Waals surface area contributed by atoms with Crippen molar-refractivity contribution in [3.63, 3.8) is 0 Å². The lowest BCUT2D eigenvalue weighted by atomic mass is 9.97. The second-order valence-electron chi connectivity index (χ2n) is 8.08. The average Bonchev–Trinajstić information content (AvgIpc) is 2.81. The van der Waals surface area contributed by atoms with Crippen molar-refractivity contribution in [3.8, 4) is 0 Å². The topological polar surface area (TPSA) is 259 Å². The second kappa shape index (κ2) is 12.4. The van der Waals surface area contributed by atoms with Gasteiger partial charge in [-0.15, -0.1) is 0 Å². The zero-order valence-electron chi connectivity index (χ0n) is 17.8. The van der Waals surface area contributed by atoms with E-state index in [1.54, 1.807) is 0 Å². The van der Waals surface area contributed by atoms with Gasteiger partial charge in [-0.1, -0.05) is 0 Å². The Morgan fingerprint density at radius 2 is 1.33 bits per heavy atom. The monoisotopic (exact) mass is 490 g/mol. The molecule has 0 saturated carbocycles. The summed E-state index contributed by atoms with van der Waals surface area (Å²) in [6.45, 7) is -1.33. The summed E-state index contributed by atoms with van der Waals surface area (Å²) in [5.74, 6) is 0. The molecular formula is C18H34O15. The smallest absolute Gasteiger partial charge is 0.187 e. The largest absolute Gasteiger partial charge is 0.394 e. The highest BCUT2D eigenvalue weighted by atomic mass is 16.8. The van der Waals surface area contributed by atoms with E-state index < -0.39 is 106 Å². The molecule has 15 nitrogen and oxygen atoms in total. The van der Waals surface area contributed by atoms with Gasteiger partial charge in [0, 0.05) is 0 Å². The van der Waals surface area contributed by atoms with Crippen LogP contribution in [0.25, 0.3) is 0 Å². The van der Waals surface area contributed by atoms with Crippen molar-refractivity contribution >= 4 is 0 Å². The summed E-state index contributed by atoms with van der Waals surface area (Å²) in [6.07, 6.45) is -23.6. The van der Waals surface area contributed by atoms with E-state index in [0.717, 1.165) is 0 Å². The van der Waals surface area contributed by atoms with Crippen molar-refractivity contribution < 1.29 is 75.1 Å². The first-order chi connectivity index (χ1) is 15.5. The molecule has 0 amide bonds. The Morgan fingerprint density at radius 3 is 1.88 bits per heavy atom. The fourth-order valence-electron chi connectivity index (χ4n) is 3.58. The van der Waals surface area contributed by atoms with Gasteiger partial charge in [0.05, 0.1) is 25.9 Å². The number of ether oxygens (including phenoxy) is 4. The zero-order chi connectivity index (χ0) is 25.0. The van der Waals surface area contributed by atoms with Gasteiger partial charge in [0.15, 0.2) is 12.6 Å². The maximum absolute atomic E-state index is 10.6. The Kier molecular flexibility index (Phi) is 10.7. The van der Waals surface area contributed by atoms with Crippen molar-refractivity contribution in [2.75, 3.05) is 19.8 Å². The minimum Gasteiger partial charge on any atom is -0.394 e. The molecule has 0 aromatic heterocycles. The summed E-state index contributed by atoms with van der Waals surface area (Å²) in [5, 5.41) is 109. The van der Waals surface area contributed by atoms with E-state index in [1.807, 2.05) is 0 Å². The summed E-state index contributed by atoms with van der Waals surface area (Å²) in [4.78, 5) is 0. The van der Waals surface area contributed by atoms with E-state index in [1.165, 1.54) is 6.92 Å². The molecule has 0 unspecified atom stereocenters. The minimum atomic E-state index is -1.97. The van der Waals surface area contributed by atoms with Crippen LogP contribution in [0.1, 0.15) is 6.92 Å². The van der Waals surface area contributed by atoms with Crippen LogP contribution in [0.15, 0.2) is 0 Å². The number of hydrogen-bond acceptors (Lipinski definition) is 15. The molecule has 0 aromatic carbocycles. The van der Waals surface area contributed by atoms with Crippen molar-refractivity contribution in [1.82, 2.24) is 0 Å². The summed E-state index contributed by atoms with van der Waals surface area (Å²) >= 11 is 0. The van der Waals surface area contributed by atoms with Gasteiger partial charge in [-0.05, 0) is 6.92 Å². The molecule has 0 bridgehead atoms. The predicted molar refractivity (Wildman–Crippen MR) is 102 cm³/mol. The normalized spacial score (nSPS) is 43.6. The molecule has 0 spiro atoms. The first-order valence-electron chi connectivity index (χ1n) is 10.4.